The number of hydrogen-bond acceptors (Lipinski definition) is 4. The third-order valence-electron chi connectivity index (χ3n) is 4.53. The van der Waals surface area contributed by atoms with Gasteiger partial charge in [0.25, 0.3) is 0 Å². The van der Waals surface area contributed by atoms with Crippen molar-refractivity contribution < 1.29 is 9.53 Å². The molecule has 0 spiro atoms. The number of benzene rings is 1. The number of nitrogens with zero attached hydrogens (tertiary/aromatic N) is 3. The van der Waals surface area contributed by atoms with E-state index < -0.39 is 0 Å². The van der Waals surface area contributed by atoms with Crippen LogP contribution in [0.5, 0.6) is 0 Å². The van der Waals surface area contributed by atoms with Gasteiger partial charge in [-0.3, -0.25) is 4.79 Å². The molecule has 6 heteroatoms. The summed E-state index contributed by atoms with van der Waals surface area (Å²) in [5.41, 5.74) is 2.22. The monoisotopic (exact) mass is 342 g/mol. The number of imidazole rings is 1. The summed E-state index contributed by atoms with van der Waals surface area (Å²) in [6, 6.07) is 8.38. The highest BCUT2D eigenvalue weighted by molar-refractivity contribution is 5.78. The molecule has 0 bridgehead atoms. The predicted octanol–water partition coefficient (Wildman–Crippen LogP) is 2.16. The lowest BCUT2D eigenvalue weighted by atomic mass is 10.1. The molecular formula is C19H26N4O2. The van der Waals surface area contributed by atoms with Gasteiger partial charge in [0.1, 0.15) is 0 Å². The molecule has 1 amide bonds. The van der Waals surface area contributed by atoms with E-state index in [1.54, 1.807) is 12.5 Å². The summed E-state index contributed by atoms with van der Waals surface area (Å²) in [6.45, 7) is 7.76. The summed E-state index contributed by atoms with van der Waals surface area (Å²) in [6.07, 6.45) is 5.65. The van der Waals surface area contributed by atoms with E-state index in [0.29, 0.717) is 19.6 Å². The van der Waals surface area contributed by atoms with Gasteiger partial charge in [0.2, 0.25) is 5.91 Å². The molecule has 0 radical (unpaired) electrons. The Labute approximate surface area is 148 Å². The standard InChI is InChI=1S/C19H26N4O2/c1-14-11-23(12-15(2)25-14)19(24)10-21-16(3)17-4-6-18(7-5-17)22-9-8-20-13-22/h4-9,13-16,21H,10-12H2,1-3H3/t14-,15-,16+/m1/s1. The normalized spacial score (nSPS) is 22.0. The summed E-state index contributed by atoms with van der Waals surface area (Å²) in [7, 11) is 0. The van der Waals surface area contributed by atoms with Gasteiger partial charge in [0.05, 0.1) is 25.1 Å². The smallest absolute Gasteiger partial charge is 0.236 e. The van der Waals surface area contributed by atoms with Crippen molar-refractivity contribution in [1.29, 1.82) is 0 Å². The third kappa shape index (κ3) is 4.46. The average Bonchev–Trinajstić information content (AvgIpc) is 3.13. The molecule has 134 valence electrons. The Bertz CT molecular complexity index is 674. The maximum Gasteiger partial charge on any atom is 0.236 e. The fourth-order valence-corrected chi connectivity index (χ4v) is 3.20. The largest absolute Gasteiger partial charge is 0.372 e. The van der Waals surface area contributed by atoms with Crippen molar-refractivity contribution in [3.63, 3.8) is 0 Å². The summed E-state index contributed by atoms with van der Waals surface area (Å²) in [5.74, 6) is 0.129. The zero-order valence-corrected chi connectivity index (χ0v) is 15.1. The van der Waals surface area contributed by atoms with Crippen LogP contribution in [0.25, 0.3) is 5.69 Å². The lowest BCUT2D eigenvalue weighted by molar-refractivity contribution is -0.142. The van der Waals surface area contributed by atoms with Crippen LogP contribution in [0, 0.1) is 0 Å². The molecule has 1 saturated heterocycles. The van der Waals surface area contributed by atoms with Gasteiger partial charge in [0, 0.05) is 37.2 Å². The number of ether oxygens (including phenoxy) is 1. The summed E-state index contributed by atoms with van der Waals surface area (Å²) >= 11 is 0. The van der Waals surface area contributed by atoms with Crippen LogP contribution < -0.4 is 5.32 Å². The third-order valence-corrected chi connectivity index (χ3v) is 4.53. The van der Waals surface area contributed by atoms with Crippen LogP contribution in [0.3, 0.4) is 0 Å². The Hall–Kier alpha value is -2.18. The maximum absolute atomic E-state index is 12.4. The number of morpholine rings is 1. The quantitative estimate of drug-likeness (QED) is 0.905. The number of hydrogen-bond donors (Lipinski definition) is 1. The van der Waals surface area contributed by atoms with Crippen LogP contribution >= 0.6 is 0 Å². The summed E-state index contributed by atoms with van der Waals surface area (Å²) in [5, 5.41) is 3.33. The van der Waals surface area contributed by atoms with Crippen molar-refractivity contribution in [2.24, 2.45) is 0 Å². The second-order valence-electron chi connectivity index (χ2n) is 6.72. The molecular weight excluding hydrogens is 316 g/mol. The molecule has 0 unspecified atom stereocenters. The van der Waals surface area contributed by atoms with E-state index in [9.17, 15) is 4.79 Å². The Kier molecular flexibility index (Phi) is 5.50. The molecule has 1 aliphatic heterocycles. The van der Waals surface area contributed by atoms with Crippen LogP contribution in [0.2, 0.25) is 0 Å². The zero-order chi connectivity index (χ0) is 17.8. The number of carbonyl (C=O) groups excluding carboxylic acids is 1. The molecule has 0 aliphatic carbocycles. The van der Waals surface area contributed by atoms with Gasteiger partial charge in [-0.2, -0.15) is 0 Å². The minimum Gasteiger partial charge on any atom is -0.372 e. The van der Waals surface area contributed by atoms with Crippen LogP contribution in [0.15, 0.2) is 43.0 Å². The molecule has 1 fully saturated rings. The van der Waals surface area contributed by atoms with E-state index >= 15 is 0 Å². The van der Waals surface area contributed by atoms with Crippen molar-refractivity contribution >= 4 is 5.91 Å². The molecule has 25 heavy (non-hydrogen) atoms. The van der Waals surface area contributed by atoms with Gasteiger partial charge < -0.3 is 19.5 Å². The molecule has 1 aliphatic rings. The number of rotatable bonds is 5. The molecule has 2 aromatic rings. The molecule has 2 heterocycles. The van der Waals surface area contributed by atoms with Gasteiger partial charge in [-0.25, -0.2) is 4.98 Å². The fourth-order valence-electron chi connectivity index (χ4n) is 3.20. The highest BCUT2D eigenvalue weighted by Gasteiger charge is 2.25. The first-order valence-electron chi connectivity index (χ1n) is 8.78. The second-order valence-corrected chi connectivity index (χ2v) is 6.72. The van der Waals surface area contributed by atoms with Crippen molar-refractivity contribution in [3.8, 4) is 5.69 Å². The summed E-state index contributed by atoms with van der Waals surface area (Å²) < 4.78 is 7.65. The van der Waals surface area contributed by atoms with Crippen LogP contribution in [-0.2, 0) is 9.53 Å². The number of nitrogens with one attached hydrogen (secondary N) is 1. The first-order chi connectivity index (χ1) is 12.0. The van der Waals surface area contributed by atoms with Crippen LogP contribution in [0.1, 0.15) is 32.4 Å². The minimum absolute atomic E-state index is 0.0980. The van der Waals surface area contributed by atoms with Crippen LogP contribution in [0.4, 0.5) is 0 Å². The Morgan fingerprint density at radius 3 is 2.56 bits per heavy atom. The van der Waals surface area contributed by atoms with Crippen molar-refractivity contribution in [2.45, 2.75) is 39.0 Å². The van der Waals surface area contributed by atoms with Gasteiger partial charge >= 0.3 is 0 Å². The second kappa shape index (κ2) is 7.80. The maximum atomic E-state index is 12.4. The Morgan fingerprint density at radius 2 is 1.96 bits per heavy atom. The van der Waals surface area contributed by atoms with Crippen molar-refractivity contribution in [2.75, 3.05) is 19.6 Å². The Balaban J connectivity index is 1.53. The van der Waals surface area contributed by atoms with E-state index in [1.165, 1.54) is 0 Å². The number of aromatic nitrogens is 2. The predicted molar refractivity (Wildman–Crippen MR) is 96.6 cm³/mol. The van der Waals surface area contributed by atoms with Gasteiger partial charge in [-0.05, 0) is 38.5 Å². The van der Waals surface area contributed by atoms with E-state index in [-0.39, 0.29) is 24.2 Å². The SMILES string of the molecule is C[C@@H]1CN(C(=O)CN[C@@H](C)c2ccc(-n3ccnc3)cc2)C[C@@H](C)O1. The first kappa shape index (κ1) is 17.6. The Morgan fingerprint density at radius 1 is 1.28 bits per heavy atom. The molecule has 3 rings (SSSR count). The van der Waals surface area contributed by atoms with Crippen molar-refractivity contribution in [1.82, 2.24) is 19.8 Å². The molecule has 3 atom stereocenters. The van der Waals surface area contributed by atoms with Gasteiger partial charge in [-0.15, -0.1) is 0 Å². The molecule has 0 saturated carbocycles. The fraction of sp³-hybridized carbons (Fsp3) is 0.474. The highest BCUT2D eigenvalue weighted by Crippen LogP contribution is 2.16. The number of carbonyl (C=O) groups is 1. The molecule has 1 aromatic carbocycles. The molecule has 6 nitrogen and oxygen atoms in total. The van der Waals surface area contributed by atoms with E-state index in [0.717, 1.165) is 11.3 Å². The van der Waals surface area contributed by atoms with Crippen molar-refractivity contribution in [3.05, 3.63) is 48.5 Å². The molecule has 1 N–H and O–H groups in total. The summed E-state index contributed by atoms with van der Waals surface area (Å²) in [4.78, 5) is 18.4. The minimum atomic E-state index is 0.0980. The van der Waals surface area contributed by atoms with Gasteiger partial charge in [-0.1, -0.05) is 12.1 Å². The molecule has 1 aromatic heterocycles. The van der Waals surface area contributed by atoms with E-state index in [4.69, 9.17) is 4.74 Å². The number of amides is 1. The highest BCUT2D eigenvalue weighted by atomic mass is 16.5. The van der Waals surface area contributed by atoms with E-state index in [1.807, 2.05) is 29.5 Å². The van der Waals surface area contributed by atoms with Crippen LogP contribution in [-0.4, -0.2) is 52.2 Å². The van der Waals surface area contributed by atoms with Gasteiger partial charge in [0.15, 0.2) is 0 Å². The first-order valence-corrected chi connectivity index (χ1v) is 8.78. The zero-order valence-electron chi connectivity index (χ0n) is 15.1. The average molecular weight is 342 g/mol. The van der Waals surface area contributed by atoms with E-state index in [2.05, 4.69) is 41.5 Å². The topological polar surface area (TPSA) is 59.4 Å². The lowest BCUT2D eigenvalue weighted by Crippen LogP contribution is -2.50. The lowest BCUT2D eigenvalue weighted by Gasteiger charge is -2.35.